The summed E-state index contributed by atoms with van der Waals surface area (Å²) >= 11 is 0. The van der Waals surface area contributed by atoms with Crippen molar-refractivity contribution in [2.75, 3.05) is 13.2 Å². The first-order valence-corrected chi connectivity index (χ1v) is 4.89. The van der Waals surface area contributed by atoms with E-state index in [0.717, 1.165) is 5.56 Å². The first-order chi connectivity index (χ1) is 7.44. The highest BCUT2D eigenvalue weighted by atomic mass is 19.3. The van der Waals surface area contributed by atoms with Gasteiger partial charge in [-0.3, -0.25) is 0 Å². The van der Waals surface area contributed by atoms with Gasteiger partial charge in [-0.15, -0.1) is 0 Å². The zero-order chi connectivity index (χ0) is 12.2. The lowest BCUT2D eigenvalue weighted by Crippen LogP contribution is -2.35. The van der Waals surface area contributed by atoms with Gasteiger partial charge in [0.2, 0.25) is 0 Å². The van der Waals surface area contributed by atoms with Crippen molar-refractivity contribution in [2.24, 2.45) is 0 Å². The molecule has 0 amide bonds. The second kappa shape index (κ2) is 5.32. The van der Waals surface area contributed by atoms with Gasteiger partial charge < -0.3 is 10.4 Å². The van der Waals surface area contributed by atoms with E-state index in [1.165, 1.54) is 6.07 Å². The summed E-state index contributed by atoms with van der Waals surface area (Å²) < 4.78 is 38.5. The van der Waals surface area contributed by atoms with Gasteiger partial charge in [0.05, 0.1) is 6.54 Å². The van der Waals surface area contributed by atoms with Crippen molar-refractivity contribution in [2.45, 2.75) is 19.4 Å². The molecule has 1 aromatic carbocycles. The lowest BCUT2D eigenvalue weighted by Gasteiger charge is -2.14. The lowest BCUT2D eigenvalue weighted by molar-refractivity contribution is -0.0478. The van der Waals surface area contributed by atoms with E-state index >= 15 is 0 Å². The first-order valence-electron chi connectivity index (χ1n) is 4.89. The topological polar surface area (TPSA) is 32.3 Å². The Kier molecular flexibility index (Phi) is 4.32. The average Bonchev–Trinajstić information content (AvgIpc) is 2.23. The summed E-state index contributed by atoms with van der Waals surface area (Å²) in [6.07, 6.45) is 0. The fraction of sp³-hybridized carbons (Fsp3) is 0.455. The fourth-order valence-corrected chi connectivity index (χ4v) is 1.27. The van der Waals surface area contributed by atoms with Crippen molar-refractivity contribution in [1.29, 1.82) is 0 Å². The number of aliphatic hydroxyl groups excluding tert-OH is 1. The average molecular weight is 233 g/mol. The molecule has 16 heavy (non-hydrogen) atoms. The van der Waals surface area contributed by atoms with Crippen LogP contribution >= 0.6 is 0 Å². The second-order valence-corrected chi connectivity index (χ2v) is 3.71. The number of hydrogen-bond donors (Lipinski definition) is 2. The summed E-state index contributed by atoms with van der Waals surface area (Å²) in [6, 6.07) is 4.51. The maximum Gasteiger partial charge on any atom is 0.282 e. The summed E-state index contributed by atoms with van der Waals surface area (Å²) in [5, 5.41) is 10.7. The molecule has 0 atom stereocenters. The SMILES string of the molecule is Cc1ccc(F)c(CNCC(F)(F)CO)c1. The van der Waals surface area contributed by atoms with Crippen molar-refractivity contribution < 1.29 is 18.3 Å². The lowest BCUT2D eigenvalue weighted by atomic mass is 10.1. The van der Waals surface area contributed by atoms with Gasteiger partial charge in [-0.1, -0.05) is 17.7 Å². The van der Waals surface area contributed by atoms with E-state index in [1.54, 1.807) is 19.1 Å². The van der Waals surface area contributed by atoms with Crippen LogP contribution in [-0.4, -0.2) is 24.2 Å². The monoisotopic (exact) mass is 233 g/mol. The summed E-state index contributed by atoms with van der Waals surface area (Å²) in [5.74, 6) is -3.59. The number of rotatable bonds is 5. The second-order valence-electron chi connectivity index (χ2n) is 3.71. The van der Waals surface area contributed by atoms with Crippen LogP contribution in [0.25, 0.3) is 0 Å². The number of benzene rings is 1. The van der Waals surface area contributed by atoms with Gasteiger partial charge in [0.25, 0.3) is 5.92 Å². The van der Waals surface area contributed by atoms with Crippen molar-refractivity contribution in [3.63, 3.8) is 0 Å². The molecule has 5 heteroatoms. The van der Waals surface area contributed by atoms with Crippen molar-refractivity contribution in [1.82, 2.24) is 5.32 Å². The van der Waals surface area contributed by atoms with Gasteiger partial charge in [-0.05, 0) is 13.0 Å². The van der Waals surface area contributed by atoms with Crippen LogP contribution < -0.4 is 5.32 Å². The molecule has 0 bridgehead atoms. The van der Waals surface area contributed by atoms with E-state index in [9.17, 15) is 13.2 Å². The van der Waals surface area contributed by atoms with Crippen molar-refractivity contribution in [3.05, 3.63) is 35.1 Å². The number of alkyl halides is 2. The Balaban J connectivity index is 2.52. The molecule has 0 aliphatic heterocycles. The molecule has 0 aliphatic rings. The van der Waals surface area contributed by atoms with Gasteiger partial charge in [0, 0.05) is 12.1 Å². The predicted octanol–water partition coefficient (Wildman–Crippen LogP) is 1.85. The van der Waals surface area contributed by atoms with Crippen LogP contribution in [0.3, 0.4) is 0 Å². The smallest absolute Gasteiger partial charge is 0.282 e. The maximum absolute atomic E-state index is 13.2. The molecule has 0 aliphatic carbocycles. The van der Waals surface area contributed by atoms with Gasteiger partial charge in [-0.2, -0.15) is 0 Å². The van der Waals surface area contributed by atoms with Crippen LogP contribution in [-0.2, 0) is 6.54 Å². The number of aliphatic hydroxyl groups is 1. The van der Waals surface area contributed by atoms with Crippen molar-refractivity contribution in [3.8, 4) is 0 Å². The Morgan fingerprint density at radius 3 is 2.69 bits per heavy atom. The Bertz CT molecular complexity index is 355. The van der Waals surface area contributed by atoms with E-state index < -0.39 is 24.9 Å². The molecule has 1 aromatic rings. The molecule has 0 spiro atoms. The molecule has 2 nitrogen and oxygen atoms in total. The zero-order valence-electron chi connectivity index (χ0n) is 8.93. The third-order valence-electron chi connectivity index (χ3n) is 2.13. The minimum Gasteiger partial charge on any atom is -0.390 e. The van der Waals surface area contributed by atoms with Crippen molar-refractivity contribution >= 4 is 0 Å². The molecule has 90 valence electrons. The van der Waals surface area contributed by atoms with Crippen LogP contribution in [0, 0.1) is 12.7 Å². The van der Waals surface area contributed by atoms with Gasteiger partial charge in [-0.25, -0.2) is 13.2 Å². The molecule has 0 fully saturated rings. The number of hydrogen-bond acceptors (Lipinski definition) is 2. The molecule has 0 saturated carbocycles. The molecule has 0 saturated heterocycles. The van der Waals surface area contributed by atoms with E-state index in [2.05, 4.69) is 5.32 Å². The molecular weight excluding hydrogens is 219 g/mol. The molecule has 2 N–H and O–H groups in total. The van der Waals surface area contributed by atoms with Crippen LogP contribution in [0.5, 0.6) is 0 Å². The highest BCUT2D eigenvalue weighted by Crippen LogP contribution is 2.12. The molecule has 0 radical (unpaired) electrons. The largest absolute Gasteiger partial charge is 0.390 e. The van der Waals surface area contributed by atoms with Gasteiger partial charge in [0.15, 0.2) is 0 Å². The van der Waals surface area contributed by atoms with Crippen LogP contribution in [0.1, 0.15) is 11.1 Å². The maximum atomic E-state index is 13.2. The number of aryl methyl sites for hydroxylation is 1. The van der Waals surface area contributed by atoms with E-state index in [-0.39, 0.29) is 6.54 Å². The first kappa shape index (κ1) is 13.0. The third kappa shape index (κ3) is 3.83. The van der Waals surface area contributed by atoms with E-state index in [4.69, 9.17) is 5.11 Å². The van der Waals surface area contributed by atoms with Crippen LogP contribution in [0.2, 0.25) is 0 Å². The summed E-state index contributed by atoms with van der Waals surface area (Å²) in [6.45, 7) is -0.0679. The summed E-state index contributed by atoms with van der Waals surface area (Å²) in [4.78, 5) is 0. The quantitative estimate of drug-likeness (QED) is 0.813. The molecular formula is C11H14F3NO. The van der Waals surface area contributed by atoms with E-state index in [1.807, 2.05) is 0 Å². The zero-order valence-corrected chi connectivity index (χ0v) is 8.93. The minimum atomic E-state index is -3.17. The van der Waals surface area contributed by atoms with Gasteiger partial charge >= 0.3 is 0 Å². The number of nitrogens with one attached hydrogen (secondary N) is 1. The summed E-state index contributed by atoms with van der Waals surface area (Å²) in [7, 11) is 0. The Morgan fingerprint density at radius 1 is 1.38 bits per heavy atom. The number of halogens is 3. The molecule has 0 heterocycles. The van der Waals surface area contributed by atoms with Crippen LogP contribution in [0.4, 0.5) is 13.2 Å². The Labute approximate surface area is 92.1 Å². The predicted molar refractivity (Wildman–Crippen MR) is 54.9 cm³/mol. The fourth-order valence-electron chi connectivity index (χ4n) is 1.27. The summed E-state index contributed by atoms with van der Waals surface area (Å²) in [5.41, 5.74) is 1.21. The molecule has 1 rings (SSSR count). The van der Waals surface area contributed by atoms with Gasteiger partial charge in [0.1, 0.15) is 12.4 Å². The highest BCUT2D eigenvalue weighted by Gasteiger charge is 2.26. The Hall–Kier alpha value is -1.07. The standard InChI is InChI=1S/C11H14F3NO/c1-8-2-3-10(12)9(4-8)5-15-6-11(13,14)7-16/h2-4,15-16H,5-7H2,1H3. The Morgan fingerprint density at radius 2 is 2.06 bits per heavy atom. The van der Waals surface area contributed by atoms with Crippen LogP contribution in [0.15, 0.2) is 18.2 Å². The third-order valence-corrected chi connectivity index (χ3v) is 2.13. The molecule has 0 unspecified atom stereocenters. The normalized spacial score (nSPS) is 11.8. The minimum absolute atomic E-state index is 0.0170. The molecule has 0 aromatic heterocycles. The van der Waals surface area contributed by atoms with E-state index in [0.29, 0.717) is 5.56 Å². The highest BCUT2D eigenvalue weighted by molar-refractivity contribution is 5.23.